The molecule has 3 rings (SSSR count). The van der Waals surface area contributed by atoms with E-state index in [1.165, 1.54) is 12.8 Å². The lowest BCUT2D eigenvalue weighted by atomic mass is 10.1. The summed E-state index contributed by atoms with van der Waals surface area (Å²) in [6.45, 7) is 0. The number of hydrogen-bond acceptors (Lipinski definition) is 2. The molecule has 1 saturated carbocycles. The fraction of sp³-hybridized carbons (Fsp3) is 0.385. The van der Waals surface area contributed by atoms with E-state index in [0.717, 1.165) is 21.9 Å². The van der Waals surface area contributed by atoms with E-state index >= 15 is 0 Å². The molecule has 1 aliphatic carbocycles. The molecule has 1 unspecified atom stereocenters. The number of furan rings is 1. The van der Waals surface area contributed by atoms with Crippen molar-refractivity contribution in [1.29, 1.82) is 0 Å². The molecule has 1 aliphatic rings. The van der Waals surface area contributed by atoms with Crippen LogP contribution >= 0.6 is 15.9 Å². The number of benzene rings is 1. The predicted octanol–water partition coefficient (Wildman–Crippen LogP) is 4.03. The zero-order chi connectivity index (χ0) is 11.1. The Labute approximate surface area is 102 Å². The van der Waals surface area contributed by atoms with Crippen LogP contribution in [0.3, 0.4) is 0 Å². The zero-order valence-electron chi connectivity index (χ0n) is 8.82. The minimum absolute atomic E-state index is 0.452. The molecule has 3 heteroatoms. The monoisotopic (exact) mass is 280 g/mol. The highest BCUT2D eigenvalue weighted by atomic mass is 79.9. The minimum Gasteiger partial charge on any atom is -0.457 e. The summed E-state index contributed by atoms with van der Waals surface area (Å²) in [4.78, 5) is 0. The standard InChI is InChI=1S/C13H13BrO2/c14-10-3-1-2-9-7-12(16-13(9)10)11(15)6-8-4-5-8/h1-3,7-8,11,15H,4-6H2. The van der Waals surface area contributed by atoms with E-state index in [-0.39, 0.29) is 0 Å². The van der Waals surface area contributed by atoms with Crippen LogP contribution in [0.5, 0.6) is 0 Å². The molecule has 2 aromatic rings. The topological polar surface area (TPSA) is 33.4 Å². The molecule has 1 fully saturated rings. The molecule has 2 nitrogen and oxygen atoms in total. The quantitative estimate of drug-likeness (QED) is 0.921. The van der Waals surface area contributed by atoms with Gasteiger partial charge >= 0.3 is 0 Å². The van der Waals surface area contributed by atoms with Crippen LogP contribution in [0.15, 0.2) is 33.2 Å². The van der Waals surface area contributed by atoms with E-state index in [1.807, 2.05) is 24.3 Å². The van der Waals surface area contributed by atoms with E-state index in [4.69, 9.17) is 4.42 Å². The second kappa shape index (κ2) is 3.90. The first-order valence-electron chi connectivity index (χ1n) is 5.60. The minimum atomic E-state index is -0.452. The number of rotatable bonds is 3. The second-order valence-electron chi connectivity index (χ2n) is 4.50. The average Bonchev–Trinajstić information content (AvgIpc) is 2.95. The van der Waals surface area contributed by atoms with Crippen molar-refractivity contribution < 1.29 is 9.52 Å². The Hall–Kier alpha value is -0.800. The highest BCUT2D eigenvalue weighted by Crippen LogP contribution is 2.39. The Morgan fingerprint density at radius 2 is 2.25 bits per heavy atom. The third-order valence-corrected chi connectivity index (χ3v) is 3.72. The Kier molecular flexibility index (Phi) is 2.52. The van der Waals surface area contributed by atoms with Gasteiger partial charge in [0.25, 0.3) is 0 Å². The number of hydrogen-bond donors (Lipinski definition) is 1. The van der Waals surface area contributed by atoms with Crippen LogP contribution in [0.1, 0.15) is 31.1 Å². The molecular formula is C13H13BrO2. The third kappa shape index (κ3) is 1.89. The summed E-state index contributed by atoms with van der Waals surface area (Å²) >= 11 is 3.45. The van der Waals surface area contributed by atoms with Crippen LogP contribution in [0, 0.1) is 5.92 Å². The first-order chi connectivity index (χ1) is 7.74. The van der Waals surface area contributed by atoms with E-state index < -0.39 is 6.10 Å². The van der Waals surface area contributed by atoms with Gasteiger partial charge in [0.1, 0.15) is 17.4 Å². The number of aliphatic hydroxyl groups is 1. The van der Waals surface area contributed by atoms with Crippen LogP contribution in [0.4, 0.5) is 0 Å². The van der Waals surface area contributed by atoms with Crippen LogP contribution < -0.4 is 0 Å². The van der Waals surface area contributed by atoms with Crippen molar-refractivity contribution in [3.8, 4) is 0 Å². The maximum atomic E-state index is 10.0. The fourth-order valence-electron chi connectivity index (χ4n) is 2.00. The SMILES string of the molecule is OC(CC1CC1)c1cc2cccc(Br)c2o1. The van der Waals surface area contributed by atoms with E-state index in [0.29, 0.717) is 11.7 Å². The van der Waals surface area contributed by atoms with Crippen molar-refractivity contribution >= 4 is 26.9 Å². The number of aliphatic hydroxyl groups excluding tert-OH is 1. The molecule has 1 N–H and O–H groups in total. The first-order valence-corrected chi connectivity index (χ1v) is 6.39. The highest BCUT2D eigenvalue weighted by molar-refractivity contribution is 9.10. The van der Waals surface area contributed by atoms with Gasteiger partial charge in [-0.25, -0.2) is 0 Å². The van der Waals surface area contributed by atoms with Gasteiger partial charge < -0.3 is 9.52 Å². The normalized spacial score (nSPS) is 17.9. The molecule has 84 valence electrons. The van der Waals surface area contributed by atoms with Gasteiger partial charge in [0, 0.05) is 5.39 Å². The smallest absolute Gasteiger partial charge is 0.148 e. The summed E-state index contributed by atoms with van der Waals surface area (Å²) in [7, 11) is 0. The van der Waals surface area contributed by atoms with Crippen molar-refractivity contribution in [1.82, 2.24) is 0 Å². The molecule has 0 radical (unpaired) electrons. The second-order valence-corrected chi connectivity index (χ2v) is 5.36. The van der Waals surface area contributed by atoms with Crippen LogP contribution in [-0.4, -0.2) is 5.11 Å². The average molecular weight is 281 g/mol. The van der Waals surface area contributed by atoms with Gasteiger partial charge in [-0.2, -0.15) is 0 Å². The third-order valence-electron chi connectivity index (χ3n) is 3.10. The van der Waals surface area contributed by atoms with E-state index in [1.54, 1.807) is 0 Å². The van der Waals surface area contributed by atoms with Crippen molar-refractivity contribution in [2.45, 2.75) is 25.4 Å². The van der Waals surface area contributed by atoms with Crippen molar-refractivity contribution in [3.05, 3.63) is 34.5 Å². The van der Waals surface area contributed by atoms with Crippen molar-refractivity contribution in [3.63, 3.8) is 0 Å². The number of para-hydroxylation sites is 1. The summed E-state index contributed by atoms with van der Waals surface area (Å²) in [5.41, 5.74) is 0.826. The summed E-state index contributed by atoms with van der Waals surface area (Å²) in [5.74, 6) is 1.39. The molecule has 0 aliphatic heterocycles. The molecule has 0 saturated heterocycles. The number of fused-ring (bicyclic) bond motifs is 1. The molecule has 0 spiro atoms. The van der Waals surface area contributed by atoms with Gasteiger partial charge in [-0.1, -0.05) is 25.0 Å². The van der Waals surface area contributed by atoms with E-state index in [2.05, 4.69) is 15.9 Å². The predicted molar refractivity (Wildman–Crippen MR) is 66.2 cm³/mol. The Morgan fingerprint density at radius 1 is 1.44 bits per heavy atom. The summed E-state index contributed by atoms with van der Waals surface area (Å²) < 4.78 is 6.63. The summed E-state index contributed by atoms with van der Waals surface area (Å²) in [6, 6.07) is 7.85. The summed E-state index contributed by atoms with van der Waals surface area (Å²) in [5, 5.41) is 11.1. The van der Waals surface area contributed by atoms with Crippen molar-refractivity contribution in [2.75, 3.05) is 0 Å². The van der Waals surface area contributed by atoms with Gasteiger partial charge in [0.05, 0.1) is 4.47 Å². The van der Waals surface area contributed by atoms with Gasteiger partial charge in [0.15, 0.2) is 0 Å². The maximum Gasteiger partial charge on any atom is 0.148 e. The molecule has 1 aromatic heterocycles. The first kappa shape index (κ1) is 10.4. The zero-order valence-corrected chi connectivity index (χ0v) is 10.4. The van der Waals surface area contributed by atoms with Gasteiger partial charge in [-0.05, 0) is 40.4 Å². The molecule has 0 amide bonds. The largest absolute Gasteiger partial charge is 0.457 e. The van der Waals surface area contributed by atoms with Crippen LogP contribution in [-0.2, 0) is 0 Å². The Morgan fingerprint density at radius 3 is 2.94 bits per heavy atom. The molecule has 16 heavy (non-hydrogen) atoms. The molecule has 0 bridgehead atoms. The highest BCUT2D eigenvalue weighted by Gasteiger charge is 2.26. The number of halogens is 1. The van der Waals surface area contributed by atoms with Crippen LogP contribution in [0.25, 0.3) is 11.0 Å². The Balaban J connectivity index is 1.94. The molecule has 1 aromatic carbocycles. The lowest BCUT2D eigenvalue weighted by Crippen LogP contribution is -1.95. The van der Waals surface area contributed by atoms with Gasteiger partial charge in [-0.3, -0.25) is 0 Å². The lowest BCUT2D eigenvalue weighted by molar-refractivity contribution is 0.136. The molecule has 1 heterocycles. The van der Waals surface area contributed by atoms with Gasteiger partial charge in [-0.15, -0.1) is 0 Å². The maximum absolute atomic E-state index is 10.0. The lowest BCUT2D eigenvalue weighted by Gasteiger charge is -2.05. The van der Waals surface area contributed by atoms with E-state index in [9.17, 15) is 5.11 Å². The molecule has 1 atom stereocenters. The van der Waals surface area contributed by atoms with Crippen molar-refractivity contribution in [2.24, 2.45) is 5.92 Å². The summed E-state index contributed by atoms with van der Waals surface area (Å²) in [6.07, 6.45) is 2.88. The Bertz CT molecular complexity index is 514. The fourth-order valence-corrected chi connectivity index (χ4v) is 2.46. The van der Waals surface area contributed by atoms with Gasteiger partial charge in [0.2, 0.25) is 0 Å². The molecular weight excluding hydrogens is 268 g/mol. The van der Waals surface area contributed by atoms with Crippen LogP contribution in [0.2, 0.25) is 0 Å².